The van der Waals surface area contributed by atoms with E-state index in [1.54, 1.807) is 0 Å². The van der Waals surface area contributed by atoms with Gasteiger partial charge in [0.1, 0.15) is 11.7 Å². The molecule has 1 aromatic rings. The van der Waals surface area contributed by atoms with Crippen LogP contribution in [0.25, 0.3) is 0 Å². The quantitative estimate of drug-likeness (QED) is 0.597. The fourth-order valence-electron chi connectivity index (χ4n) is 1.36. The lowest BCUT2D eigenvalue weighted by Crippen LogP contribution is -2.20. The average molecular weight is 210 g/mol. The van der Waals surface area contributed by atoms with Gasteiger partial charge in [0.2, 0.25) is 0 Å². The summed E-state index contributed by atoms with van der Waals surface area (Å²) >= 11 is 0. The molecule has 0 fully saturated rings. The highest BCUT2D eigenvalue weighted by molar-refractivity contribution is 6.05. The monoisotopic (exact) mass is 210 g/mol. The van der Waals surface area contributed by atoms with Gasteiger partial charge < -0.3 is 9.52 Å². The maximum absolute atomic E-state index is 11.1. The summed E-state index contributed by atoms with van der Waals surface area (Å²) in [6.45, 7) is 2.41. The van der Waals surface area contributed by atoms with Gasteiger partial charge in [-0.3, -0.25) is 14.4 Å². The number of hydrogen-bond acceptors (Lipinski definition) is 4. The van der Waals surface area contributed by atoms with E-state index in [9.17, 15) is 14.4 Å². The predicted molar refractivity (Wildman–Crippen MR) is 49.8 cm³/mol. The van der Waals surface area contributed by atoms with Crippen molar-refractivity contribution in [3.05, 3.63) is 23.7 Å². The zero-order chi connectivity index (χ0) is 11.6. The van der Waals surface area contributed by atoms with Crippen LogP contribution >= 0.6 is 0 Å². The van der Waals surface area contributed by atoms with Crippen LogP contribution < -0.4 is 0 Å². The van der Waals surface area contributed by atoms with E-state index in [0.29, 0.717) is 0 Å². The number of ketones is 2. The van der Waals surface area contributed by atoms with Crippen molar-refractivity contribution in [2.45, 2.75) is 19.8 Å². The van der Waals surface area contributed by atoms with Crippen molar-refractivity contribution in [3.8, 4) is 0 Å². The Labute approximate surface area is 85.7 Å². The predicted octanol–water partition coefficient (Wildman–Crippen LogP) is 1.24. The molecule has 0 spiro atoms. The van der Waals surface area contributed by atoms with Crippen LogP contribution in [0.3, 0.4) is 0 Å². The molecule has 0 saturated heterocycles. The highest BCUT2D eigenvalue weighted by Gasteiger charge is 2.30. The third-order valence-electron chi connectivity index (χ3n) is 1.98. The molecule has 5 nitrogen and oxygen atoms in total. The van der Waals surface area contributed by atoms with Gasteiger partial charge in [0.25, 0.3) is 0 Å². The van der Waals surface area contributed by atoms with Gasteiger partial charge in [-0.25, -0.2) is 0 Å². The van der Waals surface area contributed by atoms with E-state index in [4.69, 9.17) is 9.52 Å². The van der Waals surface area contributed by atoms with Crippen LogP contribution in [0.5, 0.6) is 0 Å². The minimum absolute atomic E-state index is 0.0717. The number of furan rings is 1. The van der Waals surface area contributed by atoms with E-state index in [0.717, 1.165) is 6.92 Å². The summed E-state index contributed by atoms with van der Waals surface area (Å²) in [5, 5.41) is 8.85. The summed E-state index contributed by atoms with van der Waals surface area (Å²) in [4.78, 5) is 33.0. The average Bonchev–Trinajstić information content (AvgIpc) is 2.51. The number of carbonyl (C=O) groups is 3. The number of carboxylic acids is 1. The van der Waals surface area contributed by atoms with Crippen LogP contribution in [-0.2, 0) is 9.59 Å². The molecular formula is C10H10O5. The Bertz CT molecular complexity index is 401. The Kier molecular flexibility index (Phi) is 3.04. The van der Waals surface area contributed by atoms with Crippen LogP contribution in [0.15, 0.2) is 16.7 Å². The first-order chi connectivity index (χ1) is 6.95. The Morgan fingerprint density at radius 3 is 2.33 bits per heavy atom. The maximum Gasteiger partial charge on any atom is 0.318 e. The van der Waals surface area contributed by atoms with Crippen LogP contribution in [0.2, 0.25) is 0 Å². The second kappa shape index (κ2) is 4.08. The number of carboxylic acid groups (broad SMARTS) is 1. The minimum atomic E-state index is -1.33. The zero-order valence-electron chi connectivity index (χ0n) is 8.31. The molecule has 0 aliphatic carbocycles. The van der Waals surface area contributed by atoms with E-state index < -0.39 is 23.5 Å². The highest BCUT2D eigenvalue weighted by Crippen LogP contribution is 2.23. The fraction of sp³-hybridized carbons (Fsp3) is 0.300. The van der Waals surface area contributed by atoms with E-state index in [1.807, 2.05) is 0 Å². The molecular weight excluding hydrogens is 200 g/mol. The van der Waals surface area contributed by atoms with Gasteiger partial charge in [-0.1, -0.05) is 0 Å². The van der Waals surface area contributed by atoms with Crippen LogP contribution in [0.4, 0.5) is 0 Å². The summed E-state index contributed by atoms with van der Waals surface area (Å²) in [6, 6.07) is 1.33. The van der Waals surface area contributed by atoms with Crippen molar-refractivity contribution in [2.75, 3.05) is 0 Å². The van der Waals surface area contributed by atoms with E-state index in [2.05, 4.69) is 0 Å². The Morgan fingerprint density at radius 1 is 1.33 bits per heavy atom. The molecule has 0 aliphatic heterocycles. The Balaban J connectivity index is 3.23. The second-order valence-electron chi connectivity index (χ2n) is 3.14. The van der Waals surface area contributed by atoms with Crippen LogP contribution in [-0.4, -0.2) is 22.6 Å². The molecule has 1 heterocycles. The summed E-state index contributed by atoms with van der Waals surface area (Å²) in [5.41, 5.74) is 0.113. The molecule has 1 atom stereocenters. The van der Waals surface area contributed by atoms with E-state index in [-0.39, 0.29) is 11.3 Å². The van der Waals surface area contributed by atoms with Crippen LogP contribution in [0.1, 0.15) is 35.9 Å². The molecule has 0 amide bonds. The molecule has 15 heavy (non-hydrogen) atoms. The summed E-state index contributed by atoms with van der Waals surface area (Å²) in [7, 11) is 0. The van der Waals surface area contributed by atoms with Crippen molar-refractivity contribution in [2.24, 2.45) is 0 Å². The minimum Gasteiger partial charge on any atom is -0.480 e. The highest BCUT2D eigenvalue weighted by atomic mass is 16.4. The molecule has 0 saturated carbocycles. The van der Waals surface area contributed by atoms with Crippen molar-refractivity contribution < 1.29 is 23.9 Å². The Morgan fingerprint density at radius 2 is 1.93 bits per heavy atom. The molecule has 0 aromatic carbocycles. The third-order valence-corrected chi connectivity index (χ3v) is 1.98. The molecule has 80 valence electrons. The first-order valence-electron chi connectivity index (χ1n) is 4.26. The lowest BCUT2D eigenvalue weighted by atomic mass is 9.95. The molecule has 1 aromatic heterocycles. The van der Waals surface area contributed by atoms with E-state index >= 15 is 0 Å². The van der Waals surface area contributed by atoms with E-state index in [1.165, 1.54) is 19.3 Å². The number of rotatable bonds is 4. The Hall–Kier alpha value is -1.91. The molecule has 1 unspecified atom stereocenters. The topological polar surface area (TPSA) is 84.6 Å². The molecule has 1 rings (SSSR count). The number of aliphatic carboxylic acids is 1. The smallest absolute Gasteiger partial charge is 0.318 e. The van der Waals surface area contributed by atoms with Crippen LogP contribution in [0, 0.1) is 0 Å². The summed E-state index contributed by atoms with van der Waals surface area (Å²) < 4.78 is 4.84. The molecule has 0 aliphatic rings. The van der Waals surface area contributed by atoms with Crippen molar-refractivity contribution in [1.29, 1.82) is 0 Å². The van der Waals surface area contributed by atoms with Gasteiger partial charge in [-0.05, 0) is 13.0 Å². The zero-order valence-corrected chi connectivity index (χ0v) is 8.31. The van der Waals surface area contributed by atoms with Gasteiger partial charge in [0, 0.05) is 12.5 Å². The van der Waals surface area contributed by atoms with Crippen molar-refractivity contribution in [1.82, 2.24) is 0 Å². The molecule has 0 radical (unpaired) electrons. The lowest BCUT2D eigenvalue weighted by Gasteiger charge is -2.07. The van der Waals surface area contributed by atoms with Crippen molar-refractivity contribution in [3.63, 3.8) is 0 Å². The first-order valence-corrected chi connectivity index (χ1v) is 4.26. The second-order valence-corrected chi connectivity index (χ2v) is 3.14. The van der Waals surface area contributed by atoms with Gasteiger partial charge in [-0.15, -0.1) is 0 Å². The molecule has 0 bridgehead atoms. The number of Topliss-reactive ketones (excluding diaryl/α,β-unsaturated/α-hetero) is 2. The summed E-state index contributed by atoms with van der Waals surface area (Å²) in [6.07, 6.45) is 1.20. The first kappa shape index (κ1) is 11.2. The largest absolute Gasteiger partial charge is 0.480 e. The van der Waals surface area contributed by atoms with Crippen molar-refractivity contribution >= 4 is 17.5 Å². The molecule has 5 heteroatoms. The fourth-order valence-corrected chi connectivity index (χ4v) is 1.36. The molecule has 1 N–H and O–H groups in total. The standard InChI is InChI=1S/C10H10O5/c1-5(11)8(10(13)14)7-3-4-15-9(7)6(2)12/h3-4,8H,1-2H3,(H,13,14). The van der Waals surface area contributed by atoms with Gasteiger partial charge in [-0.2, -0.15) is 0 Å². The third kappa shape index (κ3) is 2.12. The number of hydrogen-bond donors (Lipinski definition) is 1. The normalized spacial score (nSPS) is 12.1. The summed E-state index contributed by atoms with van der Waals surface area (Å²) in [5.74, 6) is -3.62. The SMILES string of the molecule is CC(=O)c1occc1C(C(C)=O)C(=O)O. The lowest BCUT2D eigenvalue weighted by molar-refractivity contribution is -0.142. The maximum atomic E-state index is 11.1. The van der Waals surface area contributed by atoms with Gasteiger partial charge >= 0.3 is 5.97 Å². The number of carbonyl (C=O) groups excluding carboxylic acids is 2. The van der Waals surface area contributed by atoms with Gasteiger partial charge in [0.05, 0.1) is 6.26 Å². The van der Waals surface area contributed by atoms with Gasteiger partial charge in [0.15, 0.2) is 11.5 Å².